The lowest BCUT2D eigenvalue weighted by Gasteiger charge is -2.22. The van der Waals surface area contributed by atoms with Gasteiger partial charge in [-0.1, -0.05) is 93.1 Å². The number of aryl methyl sites for hydroxylation is 2. The van der Waals surface area contributed by atoms with Gasteiger partial charge in [-0.15, -0.1) is 0 Å². The molecule has 0 aliphatic rings. The Kier molecular flexibility index (Phi) is 36.5. The van der Waals surface area contributed by atoms with Crippen LogP contribution in [0.2, 0.25) is 0 Å². The van der Waals surface area contributed by atoms with Crippen molar-refractivity contribution in [2.24, 2.45) is 5.73 Å². The number of anilines is 4. The summed E-state index contributed by atoms with van der Waals surface area (Å²) in [6, 6.07) is 43.2. The number of benzene rings is 5. The largest absolute Gasteiger partial charge is 0.497 e. The molecule has 0 aromatic heterocycles. The second-order valence-electron chi connectivity index (χ2n) is 13.0. The van der Waals surface area contributed by atoms with Crippen molar-refractivity contribution >= 4 is 60.3 Å². The van der Waals surface area contributed by atoms with Gasteiger partial charge in [0.1, 0.15) is 37.3 Å². The summed E-state index contributed by atoms with van der Waals surface area (Å²) in [5, 5.41) is 8.09. The van der Waals surface area contributed by atoms with Gasteiger partial charge in [0.15, 0.2) is 0 Å². The van der Waals surface area contributed by atoms with Crippen molar-refractivity contribution < 1.29 is 38.2 Å². The molecular formula is C50H68N6O8. The number of methoxy groups -OCH3 is 2. The minimum atomic E-state index is -0.790. The molecule has 5 N–H and O–H groups in total. The summed E-state index contributed by atoms with van der Waals surface area (Å²) in [4.78, 5) is 64.3. The first-order valence-electron chi connectivity index (χ1n) is 20.4. The van der Waals surface area contributed by atoms with Crippen LogP contribution >= 0.6 is 0 Å². The average Bonchev–Trinajstić information content (AvgIpc) is 3.33. The van der Waals surface area contributed by atoms with E-state index in [0.717, 1.165) is 34.8 Å². The van der Waals surface area contributed by atoms with Crippen LogP contribution in [0.1, 0.15) is 37.8 Å². The summed E-state index contributed by atoms with van der Waals surface area (Å²) in [6.07, 6.45) is 4.88. The quantitative estimate of drug-likeness (QED) is 0.0577. The number of hydrogen-bond donors (Lipinski definition) is 4. The summed E-state index contributed by atoms with van der Waals surface area (Å²) >= 11 is 0. The molecule has 0 unspecified atom stereocenters. The van der Waals surface area contributed by atoms with E-state index in [1.54, 1.807) is 45.5 Å². The number of carbonyl (C=O) groups is 6. The number of nitrogens with one attached hydrogen (secondary N) is 3. The maximum absolute atomic E-state index is 11.9. The summed E-state index contributed by atoms with van der Waals surface area (Å²) in [6.45, 7) is 6.59. The van der Waals surface area contributed by atoms with E-state index in [2.05, 4.69) is 89.3 Å². The van der Waals surface area contributed by atoms with Crippen LogP contribution in [0.5, 0.6) is 11.5 Å². The molecule has 0 fully saturated rings. The molecule has 14 heteroatoms. The number of carbonyl (C=O) groups excluding carboxylic acids is 6. The minimum absolute atomic E-state index is 0.232. The Bertz CT molecular complexity index is 1910. The van der Waals surface area contributed by atoms with Crippen molar-refractivity contribution in [3.05, 3.63) is 145 Å². The topological polar surface area (TPSA) is 189 Å². The van der Waals surface area contributed by atoms with Crippen LogP contribution in [0.25, 0.3) is 0 Å². The van der Waals surface area contributed by atoms with Crippen molar-refractivity contribution in [2.75, 3.05) is 75.9 Å². The molecule has 0 saturated heterocycles. The number of primary amides is 1. The lowest BCUT2D eigenvalue weighted by Crippen LogP contribution is -2.35. The first kappa shape index (κ1) is 58.8. The van der Waals surface area contributed by atoms with Crippen molar-refractivity contribution in [3.63, 3.8) is 0 Å². The summed E-state index contributed by atoms with van der Waals surface area (Å²) in [5.41, 5.74) is 10.8. The second kappa shape index (κ2) is 39.8. The van der Waals surface area contributed by atoms with E-state index in [9.17, 15) is 24.0 Å². The van der Waals surface area contributed by atoms with Gasteiger partial charge in [0, 0.05) is 32.5 Å². The van der Waals surface area contributed by atoms with Gasteiger partial charge in [0.25, 0.3) is 0 Å². The van der Waals surface area contributed by atoms with Gasteiger partial charge in [-0.2, -0.15) is 0 Å². The van der Waals surface area contributed by atoms with E-state index in [0.29, 0.717) is 30.6 Å². The Balaban J connectivity index is 0. The number of nitrogens with two attached hydrogens (primary N) is 1. The van der Waals surface area contributed by atoms with Gasteiger partial charge >= 0.3 is 0 Å². The molecule has 64 heavy (non-hydrogen) atoms. The molecule has 0 radical (unpaired) electrons. The van der Waals surface area contributed by atoms with Gasteiger partial charge in [-0.25, -0.2) is 0 Å². The summed E-state index contributed by atoms with van der Waals surface area (Å²) < 4.78 is 10.0. The van der Waals surface area contributed by atoms with E-state index in [-0.39, 0.29) is 6.54 Å². The highest BCUT2D eigenvalue weighted by Gasteiger charge is 2.19. The molecule has 0 heterocycles. The van der Waals surface area contributed by atoms with Crippen LogP contribution < -0.4 is 41.0 Å². The Morgan fingerprint density at radius 2 is 1.19 bits per heavy atom. The van der Waals surface area contributed by atoms with Gasteiger partial charge in [0.2, 0.25) is 18.2 Å². The lowest BCUT2D eigenvalue weighted by molar-refractivity contribution is -0.126. The van der Waals surface area contributed by atoms with Crippen LogP contribution in [0.3, 0.4) is 0 Å². The molecule has 0 aliphatic heterocycles. The Labute approximate surface area is 380 Å². The van der Waals surface area contributed by atoms with Gasteiger partial charge in [-0.3, -0.25) is 14.4 Å². The third kappa shape index (κ3) is 28.3. The predicted octanol–water partition coefficient (Wildman–Crippen LogP) is 7.27. The average molecular weight is 881 g/mol. The summed E-state index contributed by atoms with van der Waals surface area (Å²) in [7, 11) is 11.0. The maximum Gasteiger partial charge on any atom is 0.236 e. The molecule has 14 nitrogen and oxygen atoms in total. The zero-order valence-corrected chi connectivity index (χ0v) is 38.6. The molecule has 3 amide bonds. The highest BCUT2D eigenvalue weighted by molar-refractivity contribution is 6.07. The van der Waals surface area contributed by atoms with Crippen molar-refractivity contribution in [2.45, 2.75) is 39.5 Å². The fourth-order valence-electron chi connectivity index (χ4n) is 4.92. The highest BCUT2D eigenvalue weighted by Crippen LogP contribution is 2.25. The van der Waals surface area contributed by atoms with E-state index >= 15 is 0 Å². The fourth-order valence-corrected chi connectivity index (χ4v) is 4.92. The zero-order valence-electron chi connectivity index (χ0n) is 38.6. The number of para-hydroxylation sites is 2. The number of ether oxygens (including phenoxy) is 2. The van der Waals surface area contributed by atoms with Crippen molar-refractivity contribution in [1.82, 2.24) is 5.32 Å². The van der Waals surface area contributed by atoms with Crippen LogP contribution in [0.15, 0.2) is 133 Å². The van der Waals surface area contributed by atoms with Gasteiger partial charge in [-0.05, 0) is 91.7 Å². The van der Waals surface area contributed by atoms with Crippen LogP contribution in [-0.2, 0) is 41.6 Å². The van der Waals surface area contributed by atoms with Gasteiger partial charge in [0.05, 0.1) is 38.7 Å². The van der Waals surface area contributed by atoms with Crippen molar-refractivity contribution in [3.8, 4) is 11.5 Å². The standard InChI is InChI=1S/C12H13N3O4.C9H13NO.C9H12.C8H11NO.C8H10.C3H7NO.CH2O/c13-11(18)7-12(19)15(5-6-16)10-4-2-1-3-9(10)14-8-17;1-10(2)8-4-6-9(11-3)7-5-8;1-2-6-9-7-4-3-5-8-9;1-9-7-3-5-8(10-2)6-4-7;1-2-8-6-4-3-5-7-8;1-4-2-3-5;1-2/h1-4,6,8H,5,7H2,(H2,13,18)(H,14,17);4-7H,1-3H3;3-5,7-8H,2,6H2,1H3;3-6,9H,1-2H3;3-7H,2H2,1H3;3-4H,2H2,1H3;1H2. The van der Waals surface area contributed by atoms with Crippen LogP contribution in [0.4, 0.5) is 22.7 Å². The van der Waals surface area contributed by atoms with E-state index in [1.807, 2.05) is 82.5 Å². The molecule has 0 atom stereocenters. The summed E-state index contributed by atoms with van der Waals surface area (Å²) in [5.74, 6) is 0.385. The van der Waals surface area contributed by atoms with Crippen molar-refractivity contribution in [1.29, 1.82) is 0 Å². The number of nitrogens with zero attached hydrogens (tertiary/aromatic N) is 2. The Morgan fingerprint density at radius 1 is 0.688 bits per heavy atom. The maximum atomic E-state index is 11.9. The minimum Gasteiger partial charge on any atom is -0.497 e. The molecule has 5 rings (SSSR count). The number of amides is 3. The lowest BCUT2D eigenvalue weighted by atomic mass is 10.1. The SMILES string of the molecule is C=O.CCCc1ccccc1.CCc1ccccc1.CNCC=O.CNc1ccc(OC)cc1.COc1ccc(N(C)C)cc1.NC(=O)CC(=O)N(CC=O)c1ccccc1NC=O. The van der Waals surface area contributed by atoms with E-state index < -0.39 is 18.2 Å². The molecule has 0 aliphatic carbocycles. The van der Waals surface area contributed by atoms with Gasteiger partial charge < -0.3 is 55.3 Å². The molecule has 0 saturated carbocycles. The molecule has 5 aromatic carbocycles. The van der Waals surface area contributed by atoms with Crippen LogP contribution in [0, 0.1) is 0 Å². The van der Waals surface area contributed by atoms with Crippen LogP contribution in [-0.4, -0.2) is 93.1 Å². The molecule has 5 aromatic rings. The van der Waals surface area contributed by atoms with E-state index in [4.69, 9.17) is 20.0 Å². The Morgan fingerprint density at radius 3 is 1.56 bits per heavy atom. The van der Waals surface area contributed by atoms with E-state index in [1.165, 1.54) is 29.7 Å². The third-order valence-electron chi connectivity index (χ3n) is 8.18. The normalized spacial score (nSPS) is 8.94. The predicted molar refractivity (Wildman–Crippen MR) is 262 cm³/mol. The number of rotatable bonds is 16. The number of likely N-dealkylation sites (N-methyl/N-ethyl adjacent to an activating group) is 1. The smallest absolute Gasteiger partial charge is 0.236 e. The zero-order chi connectivity index (χ0) is 48.4. The third-order valence-corrected chi connectivity index (χ3v) is 8.18. The molecule has 0 spiro atoms. The Hall–Kier alpha value is -7.32. The first-order chi connectivity index (χ1) is 31.0. The molecule has 346 valence electrons. The first-order valence-corrected chi connectivity index (χ1v) is 20.4. The second-order valence-corrected chi connectivity index (χ2v) is 13.0. The molecule has 0 bridgehead atoms. The monoisotopic (exact) mass is 881 g/mol. The number of hydrogen-bond acceptors (Lipinski definition) is 11. The molecular weight excluding hydrogens is 813 g/mol. The fraction of sp³-hybridized carbons (Fsp3) is 0.280. The highest BCUT2D eigenvalue weighted by atomic mass is 16.5. The number of aldehydes is 2.